The highest BCUT2D eigenvalue weighted by atomic mass is 19.1. The molecule has 1 unspecified atom stereocenters. The average Bonchev–Trinajstić information content (AvgIpc) is 3.45. The molecule has 7 heteroatoms. The maximum atomic E-state index is 13.1. The molecule has 1 amide bonds. The molecule has 0 bridgehead atoms. The molecule has 0 spiro atoms. The first-order chi connectivity index (χ1) is 14.0. The van der Waals surface area contributed by atoms with Crippen LogP contribution in [0.1, 0.15) is 29.1 Å². The van der Waals surface area contributed by atoms with Crippen LogP contribution >= 0.6 is 0 Å². The number of amides is 1. The molecule has 0 aliphatic rings. The summed E-state index contributed by atoms with van der Waals surface area (Å²) < 4.78 is 20.5. The first kappa shape index (κ1) is 18.6. The van der Waals surface area contributed by atoms with Crippen LogP contribution in [0.2, 0.25) is 0 Å². The van der Waals surface area contributed by atoms with Crippen LogP contribution in [0.4, 0.5) is 4.39 Å². The van der Waals surface area contributed by atoms with Crippen molar-refractivity contribution in [1.82, 2.24) is 19.7 Å². The predicted octanol–water partition coefficient (Wildman–Crippen LogP) is 4.50. The summed E-state index contributed by atoms with van der Waals surface area (Å²) in [7, 11) is 1.73. The maximum absolute atomic E-state index is 13.1. The molecule has 4 rings (SSSR count). The van der Waals surface area contributed by atoms with Gasteiger partial charge < -0.3 is 9.32 Å². The molecule has 4 aromatic rings. The topological polar surface area (TPSA) is 64.2 Å². The molecular weight excluding hydrogens is 371 g/mol. The van der Waals surface area contributed by atoms with Gasteiger partial charge in [-0.1, -0.05) is 12.1 Å². The lowest BCUT2D eigenvalue weighted by atomic mass is 10.1. The Labute approximate surface area is 167 Å². The Morgan fingerprint density at radius 1 is 1.07 bits per heavy atom. The molecule has 1 atom stereocenters. The van der Waals surface area contributed by atoms with Crippen LogP contribution < -0.4 is 0 Å². The fourth-order valence-electron chi connectivity index (χ4n) is 3.04. The standard InChI is InChI=1S/C22H19FN4O2/c1-15(16-5-9-19(10-6-16)27-14-24-13-25-27)26(2)22(28)21-12-11-20(29-21)17-3-7-18(23)8-4-17/h3-15H,1-2H3. The Hall–Kier alpha value is -3.74. The zero-order chi connectivity index (χ0) is 20.4. The van der Waals surface area contributed by atoms with Gasteiger partial charge in [-0.25, -0.2) is 14.1 Å². The second-order valence-electron chi connectivity index (χ2n) is 6.69. The molecule has 0 radical (unpaired) electrons. The average molecular weight is 390 g/mol. The van der Waals surface area contributed by atoms with Crippen molar-refractivity contribution < 1.29 is 13.6 Å². The van der Waals surface area contributed by atoms with Gasteiger partial charge in [-0.15, -0.1) is 0 Å². The van der Waals surface area contributed by atoms with E-state index in [-0.39, 0.29) is 23.5 Å². The molecular formula is C22H19FN4O2. The van der Waals surface area contributed by atoms with E-state index in [1.807, 2.05) is 31.2 Å². The Balaban J connectivity index is 1.49. The molecule has 0 aliphatic heterocycles. The third-order valence-corrected chi connectivity index (χ3v) is 4.91. The van der Waals surface area contributed by atoms with Gasteiger partial charge in [-0.05, 0) is 61.0 Å². The van der Waals surface area contributed by atoms with Crippen LogP contribution in [0, 0.1) is 5.82 Å². The van der Waals surface area contributed by atoms with Crippen molar-refractivity contribution in [3.05, 3.63) is 90.5 Å². The number of carbonyl (C=O) groups excluding carboxylic acids is 1. The number of hydrogen-bond acceptors (Lipinski definition) is 4. The van der Waals surface area contributed by atoms with Crippen molar-refractivity contribution in [2.45, 2.75) is 13.0 Å². The molecule has 2 aromatic heterocycles. The summed E-state index contributed by atoms with van der Waals surface area (Å²) in [5.41, 5.74) is 2.59. The first-order valence-corrected chi connectivity index (χ1v) is 9.11. The predicted molar refractivity (Wildman–Crippen MR) is 106 cm³/mol. The second-order valence-corrected chi connectivity index (χ2v) is 6.69. The van der Waals surface area contributed by atoms with Gasteiger partial charge in [0, 0.05) is 12.6 Å². The third-order valence-electron chi connectivity index (χ3n) is 4.91. The number of rotatable bonds is 5. The van der Waals surface area contributed by atoms with Crippen LogP contribution in [0.3, 0.4) is 0 Å². The van der Waals surface area contributed by atoms with Crippen molar-refractivity contribution in [2.24, 2.45) is 0 Å². The highest BCUT2D eigenvalue weighted by molar-refractivity contribution is 5.92. The number of halogens is 1. The Bertz CT molecular complexity index is 1100. The maximum Gasteiger partial charge on any atom is 0.289 e. The van der Waals surface area contributed by atoms with E-state index in [9.17, 15) is 9.18 Å². The van der Waals surface area contributed by atoms with Crippen LogP contribution in [-0.4, -0.2) is 32.6 Å². The van der Waals surface area contributed by atoms with Gasteiger partial charge in [-0.3, -0.25) is 4.79 Å². The van der Waals surface area contributed by atoms with Gasteiger partial charge in [0.15, 0.2) is 5.76 Å². The van der Waals surface area contributed by atoms with Crippen molar-refractivity contribution in [3.63, 3.8) is 0 Å². The highest BCUT2D eigenvalue weighted by Crippen LogP contribution is 2.26. The Morgan fingerprint density at radius 3 is 2.45 bits per heavy atom. The van der Waals surface area contributed by atoms with Crippen molar-refractivity contribution in [3.8, 4) is 17.0 Å². The quantitative estimate of drug-likeness (QED) is 0.503. The largest absolute Gasteiger partial charge is 0.451 e. The zero-order valence-electron chi connectivity index (χ0n) is 16.0. The fourth-order valence-corrected chi connectivity index (χ4v) is 3.04. The second kappa shape index (κ2) is 7.71. The number of furan rings is 1. The summed E-state index contributed by atoms with van der Waals surface area (Å²) in [5, 5.41) is 4.10. The van der Waals surface area contributed by atoms with Crippen molar-refractivity contribution in [1.29, 1.82) is 0 Å². The molecule has 29 heavy (non-hydrogen) atoms. The van der Waals surface area contributed by atoms with Gasteiger partial charge in [-0.2, -0.15) is 5.10 Å². The van der Waals surface area contributed by atoms with Crippen molar-refractivity contribution in [2.75, 3.05) is 7.05 Å². The lowest BCUT2D eigenvalue weighted by Crippen LogP contribution is -2.29. The minimum absolute atomic E-state index is 0.160. The van der Waals surface area contributed by atoms with Gasteiger partial charge in [0.2, 0.25) is 0 Å². The monoisotopic (exact) mass is 390 g/mol. The molecule has 2 heterocycles. The molecule has 0 saturated carbocycles. The van der Waals surface area contributed by atoms with E-state index in [0.717, 1.165) is 11.3 Å². The molecule has 0 N–H and O–H groups in total. The van der Waals surface area contributed by atoms with Crippen LogP contribution in [0.5, 0.6) is 0 Å². The normalized spacial score (nSPS) is 12.0. The summed E-state index contributed by atoms with van der Waals surface area (Å²) >= 11 is 0. The number of carbonyl (C=O) groups is 1. The summed E-state index contributed by atoms with van der Waals surface area (Å²) in [6.45, 7) is 1.95. The minimum atomic E-state index is -0.319. The molecule has 6 nitrogen and oxygen atoms in total. The van der Waals surface area contributed by atoms with E-state index in [0.29, 0.717) is 11.3 Å². The smallest absolute Gasteiger partial charge is 0.289 e. The van der Waals surface area contributed by atoms with Crippen LogP contribution in [0.25, 0.3) is 17.0 Å². The van der Waals surface area contributed by atoms with E-state index in [2.05, 4.69) is 10.1 Å². The molecule has 0 aliphatic carbocycles. The Morgan fingerprint density at radius 2 is 1.79 bits per heavy atom. The van der Waals surface area contributed by atoms with E-state index in [1.54, 1.807) is 47.2 Å². The molecule has 146 valence electrons. The van der Waals surface area contributed by atoms with Gasteiger partial charge in [0.05, 0.1) is 11.7 Å². The molecule has 0 fully saturated rings. The number of aromatic nitrogens is 3. The summed E-state index contributed by atoms with van der Waals surface area (Å²) in [4.78, 5) is 18.4. The Kier molecular flexibility index (Phi) is 4.95. The first-order valence-electron chi connectivity index (χ1n) is 9.11. The SMILES string of the molecule is CC(c1ccc(-n2cncn2)cc1)N(C)C(=O)c1ccc(-c2ccc(F)cc2)o1. The zero-order valence-corrected chi connectivity index (χ0v) is 16.0. The van der Waals surface area contributed by atoms with Gasteiger partial charge in [0.25, 0.3) is 5.91 Å². The van der Waals surface area contributed by atoms with Gasteiger partial charge >= 0.3 is 0 Å². The highest BCUT2D eigenvalue weighted by Gasteiger charge is 2.22. The van der Waals surface area contributed by atoms with E-state index >= 15 is 0 Å². The molecule has 0 saturated heterocycles. The van der Waals surface area contributed by atoms with Crippen LogP contribution in [0.15, 0.2) is 77.7 Å². The summed E-state index contributed by atoms with van der Waals surface area (Å²) in [6.07, 6.45) is 3.11. The summed E-state index contributed by atoms with van der Waals surface area (Å²) in [6, 6.07) is 16.9. The minimum Gasteiger partial charge on any atom is -0.451 e. The molecule has 2 aromatic carbocycles. The summed E-state index contributed by atoms with van der Waals surface area (Å²) in [5.74, 6) is 0.204. The number of nitrogens with zero attached hydrogens (tertiary/aromatic N) is 4. The van der Waals surface area contributed by atoms with E-state index in [4.69, 9.17) is 4.42 Å². The van der Waals surface area contributed by atoms with Crippen molar-refractivity contribution >= 4 is 5.91 Å². The van der Waals surface area contributed by atoms with Crippen LogP contribution in [-0.2, 0) is 0 Å². The van der Waals surface area contributed by atoms with E-state index in [1.165, 1.54) is 18.5 Å². The third kappa shape index (κ3) is 3.80. The lowest BCUT2D eigenvalue weighted by molar-refractivity contribution is 0.0711. The fraction of sp³-hybridized carbons (Fsp3) is 0.136. The van der Waals surface area contributed by atoms with E-state index < -0.39 is 0 Å². The lowest BCUT2D eigenvalue weighted by Gasteiger charge is -2.24. The number of benzene rings is 2. The van der Waals surface area contributed by atoms with Gasteiger partial charge in [0.1, 0.15) is 24.2 Å². The number of hydrogen-bond donors (Lipinski definition) is 0.